The smallest absolute Gasteiger partial charge is 0.179 e. The van der Waals surface area contributed by atoms with E-state index >= 15 is 0 Å². The minimum absolute atomic E-state index is 0.00441. The van der Waals surface area contributed by atoms with Crippen LogP contribution in [-0.4, -0.2) is 23.3 Å². The first-order chi connectivity index (χ1) is 17.2. The second kappa shape index (κ2) is 9.57. The Morgan fingerprint density at radius 1 is 1.08 bits per heavy atom. The summed E-state index contributed by atoms with van der Waals surface area (Å²) in [4.78, 5) is 26.3. The van der Waals surface area contributed by atoms with Gasteiger partial charge in [0.2, 0.25) is 0 Å². The number of carbonyl (C=O) groups excluding carboxylic acids is 2. The molecule has 1 unspecified atom stereocenters. The zero-order valence-electron chi connectivity index (χ0n) is 26.3. The van der Waals surface area contributed by atoms with Gasteiger partial charge in [-0.05, 0) is 96.2 Å². The first-order valence-corrected chi connectivity index (χ1v) is 15.0. The quantitative estimate of drug-likeness (QED) is 0.364. The number of allylic oxidation sites excluding steroid dienone is 2. The van der Waals surface area contributed by atoms with Crippen molar-refractivity contribution in [1.82, 2.24) is 0 Å². The highest BCUT2D eigenvalue weighted by atomic mass is 16.3. The Labute approximate surface area is 233 Å². The molecular formula is C34H55NO3. The van der Waals surface area contributed by atoms with Crippen LogP contribution in [0.25, 0.3) is 0 Å². The fourth-order valence-corrected chi connectivity index (χ4v) is 9.33. The Kier molecular flexibility index (Phi) is 7.82. The number of nitriles is 1. The number of ketones is 2. The molecule has 0 saturated heterocycles. The SMILES string of the molecule is CC(=O)C[C@H]1[C@](C)(C(C)(C)CC[C@@]2(CO)CCC(C)(C)CC2C)CC[C@@]2(C)C(C)(C)C(=O)C(C#N)=C[C@]12C. The average molecular weight is 526 g/mol. The fourth-order valence-electron chi connectivity index (χ4n) is 9.33. The summed E-state index contributed by atoms with van der Waals surface area (Å²) in [6.45, 7) is 24.5. The van der Waals surface area contributed by atoms with Crippen LogP contribution < -0.4 is 0 Å². The van der Waals surface area contributed by atoms with E-state index in [0.717, 1.165) is 44.9 Å². The molecule has 2 fully saturated rings. The van der Waals surface area contributed by atoms with Gasteiger partial charge < -0.3 is 9.90 Å². The number of Topliss-reactive ketones (excluding diaryl/α,β-unsaturated/α-hetero) is 2. The molecule has 0 spiro atoms. The Hall–Kier alpha value is -1.47. The van der Waals surface area contributed by atoms with Gasteiger partial charge in [0.15, 0.2) is 5.78 Å². The molecule has 0 amide bonds. The van der Waals surface area contributed by atoms with Crippen LogP contribution in [0.4, 0.5) is 0 Å². The number of aliphatic hydroxyl groups excluding tert-OH is 1. The first kappa shape index (κ1) is 31.1. The lowest BCUT2D eigenvalue weighted by molar-refractivity contribution is -0.188. The van der Waals surface area contributed by atoms with E-state index in [-0.39, 0.29) is 51.3 Å². The summed E-state index contributed by atoms with van der Waals surface area (Å²) in [5, 5.41) is 20.6. The van der Waals surface area contributed by atoms with E-state index < -0.39 is 10.8 Å². The van der Waals surface area contributed by atoms with E-state index in [2.05, 4.69) is 61.5 Å². The molecule has 2 saturated carbocycles. The monoisotopic (exact) mass is 525 g/mol. The highest BCUT2D eigenvalue weighted by molar-refractivity contribution is 6.04. The van der Waals surface area contributed by atoms with Gasteiger partial charge >= 0.3 is 0 Å². The van der Waals surface area contributed by atoms with E-state index in [1.165, 1.54) is 0 Å². The summed E-state index contributed by atoms with van der Waals surface area (Å²) >= 11 is 0. The normalized spacial score (nSPS) is 40.6. The molecule has 0 aliphatic heterocycles. The molecule has 0 aromatic heterocycles. The summed E-state index contributed by atoms with van der Waals surface area (Å²) in [7, 11) is 0. The second-order valence-corrected chi connectivity index (χ2v) is 16.3. The number of fused-ring (bicyclic) bond motifs is 1. The molecule has 4 nitrogen and oxygen atoms in total. The van der Waals surface area contributed by atoms with Gasteiger partial charge in [0.05, 0.1) is 5.57 Å². The Morgan fingerprint density at radius 2 is 1.68 bits per heavy atom. The molecule has 3 aliphatic carbocycles. The molecular weight excluding hydrogens is 470 g/mol. The highest BCUT2D eigenvalue weighted by Gasteiger charge is 2.68. The third kappa shape index (κ3) is 4.44. The third-order valence-corrected chi connectivity index (χ3v) is 13.4. The molecule has 3 rings (SSSR count). The van der Waals surface area contributed by atoms with Crippen LogP contribution in [-0.2, 0) is 9.59 Å². The number of hydrogen-bond acceptors (Lipinski definition) is 4. The number of carbonyl (C=O) groups is 2. The van der Waals surface area contributed by atoms with Crippen LogP contribution in [0.1, 0.15) is 128 Å². The predicted molar refractivity (Wildman–Crippen MR) is 154 cm³/mol. The molecule has 214 valence electrons. The summed E-state index contributed by atoms with van der Waals surface area (Å²) in [6.07, 6.45) is 9.52. The minimum atomic E-state index is -0.687. The average Bonchev–Trinajstić information content (AvgIpc) is 2.81. The molecule has 0 radical (unpaired) electrons. The maximum absolute atomic E-state index is 13.4. The Balaban J connectivity index is 2.06. The van der Waals surface area contributed by atoms with Crippen LogP contribution in [0.15, 0.2) is 11.6 Å². The molecule has 4 heteroatoms. The number of aliphatic hydroxyl groups is 1. The van der Waals surface area contributed by atoms with Crippen LogP contribution in [0.2, 0.25) is 0 Å². The molecule has 3 aliphatic rings. The maximum atomic E-state index is 13.4. The van der Waals surface area contributed by atoms with Crippen LogP contribution in [0.5, 0.6) is 0 Å². The van der Waals surface area contributed by atoms with Crippen LogP contribution >= 0.6 is 0 Å². The Morgan fingerprint density at radius 3 is 2.18 bits per heavy atom. The van der Waals surface area contributed by atoms with Gasteiger partial charge in [0, 0.05) is 18.4 Å². The lowest BCUT2D eigenvalue weighted by Gasteiger charge is -2.69. The molecule has 6 atom stereocenters. The van der Waals surface area contributed by atoms with Crippen molar-refractivity contribution in [3.8, 4) is 6.07 Å². The summed E-state index contributed by atoms with van der Waals surface area (Å²) in [5.41, 5.74) is -1.27. The molecule has 0 heterocycles. The molecule has 0 bridgehead atoms. The van der Waals surface area contributed by atoms with Crippen molar-refractivity contribution < 1.29 is 14.7 Å². The molecule has 0 aromatic carbocycles. The maximum Gasteiger partial charge on any atom is 0.179 e. The van der Waals surface area contributed by atoms with E-state index in [1.807, 2.05) is 19.9 Å². The number of rotatable bonds is 7. The van der Waals surface area contributed by atoms with Gasteiger partial charge in [-0.25, -0.2) is 0 Å². The molecule has 38 heavy (non-hydrogen) atoms. The lowest BCUT2D eigenvalue weighted by atomic mass is 9.34. The lowest BCUT2D eigenvalue weighted by Crippen LogP contribution is -2.65. The molecule has 1 N–H and O–H groups in total. The zero-order chi connectivity index (χ0) is 29.2. The van der Waals surface area contributed by atoms with Gasteiger partial charge in [-0.2, -0.15) is 5.26 Å². The van der Waals surface area contributed by atoms with Gasteiger partial charge in [0.1, 0.15) is 11.9 Å². The van der Waals surface area contributed by atoms with Crippen LogP contribution in [0.3, 0.4) is 0 Å². The second-order valence-electron chi connectivity index (χ2n) is 16.3. The van der Waals surface area contributed by atoms with Crippen molar-refractivity contribution >= 4 is 11.6 Å². The van der Waals surface area contributed by atoms with Crippen LogP contribution in [0, 0.1) is 61.1 Å². The summed E-state index contributed by atoms with van der Waals surface area (Å²) in [5.74, 6) is 0.568. The summed E-state index contributed by atoms with van der Waals surface area (Å²) < 4.78 is 0. The van der Waals surface area contributed by atoms with Crippen molar-refractivity contribution in [2.75, 3.05) is 6.61 Å². The topological polar surface area (TPSA) is 78.2 Å². The number of hydrogen-bond donors (Lipinski definition) is 1. The van der Waals surface area contributed by atoms with Crippen molar-refractivity contribution in [3.05, 3.63) is 11.6 Å². The van der Waals surface area contributed by atoms with E-state index in [4.69, 9.17) is 0 Å². The standard InChI is InChI=1S/C34H55NO3/c1-23-19-28(3,4)12-16-34(23,22-36)17-13-29(5,6)31(9)14-15-33(11)30(7,8)27(38)25(21-35)20-32(33,10)26(31)18-24(2)37/h20,23,26,36H,12-19,22H2,1-11H3/t23?,26-,31+,32+,33-,34+/m0/s1. The van der Waals surface area contributed by atoms with Crippen molar-refractivity contribution in [1.29, 1.82) is 5.26 Å². The van der Waals surface area contributed by atoms with E-state index in [0.29, 0.717) is 17.8 Å². The number of nitrogens with zero attached hydrogens (tertiary/aromatic N) is 1. The zero-order valence-corrected chi connectivity index (χ0v) is 26.3. The minimum Gasteiger partial charge on any atom is -0.396 e. The van der Waals surface area contributed by atoms with Crippen molar-refractivity contribution in [3.63, 3.8) is 0 Å². The van der Waals surface area contributed by atoms with E-state index in [9.17, 15) is 20.0 Å². The fraction of sp³-hybridized carbons (Fsp3) is 0.853. The molecule has 0 aromatic rings. The van der Waals surface area contributed by atoms with Gasteiger partial charge in [-0.1, -0.05) is 75.3 Å². The highest BCUT2D eigenvalue weighted by Crippen LogP contribution is 2.73. The van der Waals surface area contributed by atoms with Crippen molar-refractivity contribution in [2.24, 2.45) is 49.7 Å². The first-order valence-electron chi connectivity index (χ1n) is 15.0. The largest absolute Gasteiger partial charge is 0.396 e. The van der Waals surface area contributed by atoms with Gasteiger partial charge in [-0.15, -0.1) is 0 Å². The van der Waals surface area contributed by atoms with E-state index in [1.54, 1.807) is 6.92 Å². The van der Waals surface area contributed by atoms with Gasteiger partial charge in [0.25, 0.3) is 0 Å². The third-order valence-electron chi connectivity index (χ3n) is 13.4. The van der Waals surface area contributed by atoms with Gasteiger partial charge in [-0.3, -0.25) is 4.79 Å². The predicted octanol–water partition coefficient (Wildman–Crippen LogP) is 8.08. The summed E-state index contributed by atoms with van der Waals surface area (Å²) in [6, 6.07) is 2.22. The Bertz CT molecular complexity index is 1040. The van der Waals surface area contributed by atoms with Crippen molar-refractivity contribution in [2.45, 2.75) is 128 Å².